The summed E-state index contributed by atoms with van der Waals surface area (Å²) in [6, 6.07) is 4.14. The molecule has 21 heavy (non-hydrogen) atoms. The molecule has 1 N–H and O–H groups in total. The van der Waals surface area contributed by atoms with E-state index in [9.17, 15) is 14.0 Å². The molecule has 1 fully saturated rings. The third-order valence-corrected chi connectivity index (χ3v) is 3.64. The molecule has 1 aromatic carbocycles. The van der Waals surface area contributed by atoms with Gasteiger partial charge in [0, 0.05) is 24.0 Å². The number of carbonyl (C=O) groups is 2. The summed E-state index contributed by atoms with van der Waals surface area (Å²) < 4.78 is 18.9. The van der Waals surface area contributed by atoms with E-state index >= 15 is 0 Å². The Balaban J connectivity index is 1.97. The third kappa shape index (κ3) is 2.49. The van der Waals surface area contributed by atoms with Crippen LogP contribution in [0.5, 0.6) is 0 Å². The van der Waals surface area contributed by atoms with Gasteiger partial charge in [-0.2, -0.15) is 0 Å². The molecule has 0 spiro atoms. The molecular formula is C15H15FN2O3. The molecular weight excluding hydrogens is 275 g/mol. The van der Waals surface area contributed by atoms with Gasteiger partial charge in [0.1, 0.15) is 11.4 Å². The van der Waals surface area contributed by atoms with Crippen LogP contribution in [-0.2, 0) is 4.79 Å². The first-order chi connectivity index (χ1) is 10.1. The highest BCUT2D eigenvalue weighted by molar-refractivity contribution is 6.00. The maximum Gasteiger partial charge on any atom is 0.290 e. The Kier molecular flexibility index (Phi) is 3.37. The van der Waals surface area contributed by atoms with Gasteiger partial charge in [0.25, 0.3) is 5.91 Å². The van der Waals surface area contributed by atoms with E-state index in [1.54, 1.807) is 6.92 Å². The Morgan fingerprint density at radius 1 is 1.43 bits per heavy atom. The molecule has 0 radical (unpaired) electrons. The average Bonchev–Trinajstić information content (AvgIpc) is 2.64. The summed E-state index contributed by atoms with van der Waals surface area (Å²) in [5.41, 5.74) is 1.07. The van der Waals surface area contributed by atoms with Crippen molar-refractivity contribution in [2.45, 2.75) is 13.3 Å². The number of rotatable bonds is 1. The Morgan fingerprint density at radius 2 is 2.24 bits per heavy atom. The van der Waals surface area contributed by atoms with Gasteiger partial charge in [0.15, 0.2) is 5.76 Å². The zero-order valence-electron chi connectivity index (χ0n) is 11.6. The van der Waals surface area contributed by atoms with Gasteiger partial charge in [0.05, 0.1) is 6.54 Å². The molecule has 0 saturated carbocycles. The van der Waals surface area contributed by atoms with Gasteiger partial charge in [-0.15, -0.1) is 0 Å². The lowest BCUT2D eigenvalue weighted by Gasteiger charge is -2.17. The molecule has 2 aromatic rings. The summed E-state index contributed by atoms with van der Waals surface area (Å²) in [6.45, 7) is 2.79. The minimum absolute atomic E-state index is 0.0175. The molecule has 5 nitrogen and oxygen atoms in total. The highest BCUT2D eigenvalue weighted by Gasteiger charge is 2.26. The largest absolute Gasteiger partial charge is 0.451 e. The number of nitrogens with zero attached hydrogens (tertiary/aromatic N) is 1. The third-order valence-electron chi connectivity index (χ3n) is 3.64. The molecule has 0 bridgehead atoms. The van der Waals surface area contributed by atoms with Crippen molar-refractivity contribution in [1.29, 1.82) is 0 Å². The van der Waals surface area contributed by atoms with Crippen LogP contribution in [0, 0.1) is 12.7 Å². The molecule has 6 heteroatoms. The van der Waals surface area contributed by atoms with Gasteiger partial charge in [-0.3, -0.25) is 9.59 Å². The van der Waals surface area contributed by atoms with Crippen molar-refractivity contribution in [3.8, 4) is 0 Å². The Bertz CT molecular complexity index is 723. The summed E-state index contributed by atoms with van der Waals surface area (Å²) in [4.78, 5) is 25.5. The van der Waals surface area contributed by atoms with Crippen LogP contribution in [0.1, 0.15) is 22.5 Å². The summed E-state index contributed by atoms with van der Waals surface area (Å²) in [5.74, 6) is -0.716. The van der Waals surface area contributed by atoms with E-state index in [-0.39, 0.29) is 29.9 Å². The normalized spacial score (nSPS) is 15.9. The monoisotopic (exact) mass is 290 g/mol. The van der Waals surface area contributed by atoms with Crippen LogP contribution in [0.3, 0.4) is 0 Å². The molecule has 110 valence electrons. The van der Waals surface area contributed by atoms with Gasteiger partial charge in [-0.25, -0.2) is 4.39 Å². The summed E-state index contributed by atoms with van der Waals surface area (Å²) >= 11 is 0. The van der Waals surface area contributed by atoms with Crippen LogP contribution >= 0.6 is 0 Å². The smallest absolute Gasteiger partial charge is 0.290 e. The highest BCUT2D eigenvalue weighted by atomic mass is 19.1. The number of amides is 2. The van der Waals surface area contributed by atoms with Gasteiger partial charge in [-0.05, 0) is 31.5 Å². The van der Waals surface area contributed by atoms with Crippen LogP contribution in [0.4, 0.5) is 4.39 Å². The first kappa shape index (κ1) is 13.6. The average molecular weight is 290 g/mol. The minimum Gasteiger partial charge on any atom is -0.451 e. The number of furan rings is 1. The second-order valence-corrected chi connectivity index (χ2v) is 5.13. The van der Waals surface area contributed by atoms with Crippen molar-refractivity contribution in [1.82, 2.24) is 10.2 Å². The molecule has 2 amide bonds. The zero-order valence-corrected chi connectivity index (χ0v) is 11.6. The molecule has 1 aliphatic heterocycles. The van der Waals surface area contributed by atoms with Crippen LogP contribution < -0.4 is 5.32 Å². The van der Waals surface area contributed by atoms with Gasteiger partial charge >= 0.3 is 0 Å². The maximum absolute atomic E-state index is 13.3. The predicted octanol–water partition coefficient (Wildman–Crippen LogP) is 1.84. The van der Waals surface area contributed by atoms with Crippen molar-refractivity contribution in [3.63, 3.8) is 0 Å². The molecule has 1 aliphatic rings. The summed E-state index contributed by atoms with van der Waals surface area (Å²) in [5, 5.41) is 3.30. The van der Waals surface area contributed by atoms with Crippen molar-refractivity contribution >= 4 is 22.8 Å². The van der Waals surface area contributed by atoms with Crippen LogP contribution in [-0.4, -0.2) is 36.3 Å². The Hall–Kier alpha value is -2.37. The number of hydrogen-bond donors (Lipinski definition) is 1. The van der Waals surface area contributed by atoms with Crippen molar-refractivity contribution in [2.24, 2.45) is 0 Å². The lowest BCUT2D eigenvalue weighted by Crippen LogP contribution is -2.37. The second kappa shape index (κ2) is 5.20. The van der Waals surface area contributed by atoms with E-state index < -0.39 is 0 Å². The van der Waals surface area contributed by atoms with Gasteiger partial charge in [-0.1, -0.05) is 0 Å². The van der Waals surface area contributed by atoms with Crippen molar-refractivity contribution in [2.75, 3.05) is 19.6 Å². The fourth-order valence-corrected chi connectivity index (χ4v) is 2.52. The maximum atomic E-state index is 13.3. The standard InChI is InChI=1S/C15H15FN2O3/c1-9-11-7-10(16)3-4-12(11)21-14(9)15(20)18-6-2-5-17-13(19)8-18/h3-4,7H,2,5-6,8H2,1H3,(H,17,19). The molecule has 0 aliphatic carbocycles. The molecule has 3 rings (SSSR count). The molecule has 2 heterocycles. The Morgan fingerprint density at radius 3 is 3.05 bits per heavy atom. The number of benzene rings is 1. The fraction of sp³-hybridized carbons (Fsp3) is 0.333. The predicted molar refractivity (Wildman–Crippen MR) is 74.4 cm³/mol. The summed E-state index contributed by atoms with van der Waals surface area (Å²) in [6.07, 6.45) is 0.700. The number of fused-ring (bicyclic) bond motifs is 1. The van der Waals surface area contributed by atoms with E-state index in [0.29, 0.717) is 36.0 Å². The second-order valence-electron chi connectivity index (χ2n) is 5.13. The number of carbonyl (C=O) groups excluding carboxylic acids is 2. The van der Waals surface area contributed by atoms with E-state index in [2.05, 4.69) is 5.32 Å². The van der Waals surface area contributed by atoms with Crippen LogP contribution in [0.25, 0.3) is 11.0 Å². The topological polar surface area (TPSA) is 62.6 Å². The van der Waals surface area contributed by atoms with E-state index in [4.69, 9.17) is 4.42 Å². The summed E-state index contributed by atoms with van der Waals surface area (Å²) in [7, 11) is 0. The van der Waals surface area contributed by atoms with Crippen molar-refractivity contribution in [3.05, 3.63) is 35.3 Å². The lowest BCUT2D eigenvalue weighted by atomic mass is 10.1. The van der Waals surface area contributed by atoms with Gasteiger partial charge < -0.3 is 14.6 Å². The zero-order chi connectivity index (χ0) is 15.0. The van der Waals surface area contributed by atoms with Crippen LogP contribution in [0.2, 0.25) is 0 Å². The first-order valence-electron chi connectivity index (χ1n) is 6.81. The van der Waals surface area contributed by atoms with E-state index in [1.165, 1.54) is 23.1 Å². The number of aryl methyl sites for hydroxylation is 1. The van der Waals surface area contributed by atoms with E-state index in [0.717, 1.165) is 0 Å². The lowest BCUT2D eigenvalue weighted by molar-refractivity contribution is -0.121. The van der Waals surface area contributed by atoms with E-state index in [1.807, 2.05) is 0 Å². The Labute approximate surface area is 120 Å². The number of nitrogens with one attached hydrogen (secondary N) is 1. The quantitative estimate of drug-likeness (QED) is 0.871. The highest BCUT2D eigenvalue weighted by Crippen LogP contribution is 2.27. The minimum atomic E-state index is -0.375. The molecule has 1 saturated heterocycles. The fourth-order valence-electron chi connectivity index (χ4n) is 2.52. The van der Waals surface area contributed by atoms with Crippen molar-refractivity contribution < 1.29 is 18.4 Å². The SMILES string of the molecule is Cc1c(C(=O)N2CCCNC(=O)C2)oc2ccc(F)cc12. The van der Waals surface area contributed by atoms with Crippen LogP contribution in [0.15, 0.2) is 22.6 Å². The number of hydrogen-bond acceptors (Lipinski definition) is 3. The molecule has 0 atom stereocenters. The number of halogens is 1. The van der Waals surface area contributed by atoms with Gasteiger partial charge in [0.2, 0.25) is 5.91 Å². The first-order valence-corrected chi connectivity index (χ1v) is 6.81. The molecule has 1 aromatic heterocycles. The molecule has 0 unspecified atom stereocenters.